The molecule has 1 aliphatic carbocycles. The molecule has 0 unspecified atom stereocenters. The summed E-state index contributed by atoms with van der Waals surface area (Å²) in [7, 11) is 3.67. The van der Waals surface area contributed by atoms with Crippen LogP contribution >= 0.6 is 0 Å². The third-order valence-corrected chi connectivity index (χ3v) is 8.93. The van der Waals surface area contributed by atoms with E-state index in [4.69, 9.17) is 14.2 Å². The van der Waals surface area contributed by atoms with Crippen molar-refractivity contribution < 1.29 is 23.8 Å². The van der Waals surface area contributed by atoms with E-state index >= 15 is 0 Å². The average molecular weight is 645 g/mol. The van der Waals surface area contributed by atoms with E-state index < -0.39 is 0 Å². The fourth-order valence-electron chi connectivity index (χ4n) is 6.31. The van der Waals surface area contributed by atoms with Gasteiger partial charge in [0.05, 0.1) is 39.5 Å². The average Bonchev–Trinajstić information content (AvgIpc) is 3.56. The first-order valence-electron chi connectivity index (χ1n) is 16.7. The summed E-state index contributed by atoms with van der Waals surface area (Å²) >= 11 is 0. The van der Waals surface area contributed by atoms with Crippen LogP contribution in [0.2, 0.25) is 0 Å². The fraction of sp³-hybridized carbons (Fsp3) is 0.500. The summed E-state index contributed by atoms with van der Waals surface area (Å²) in [5.41, 5.74) is 4.63. The maximum absolute atomic E-state index is 13.5. The van der Waals surface area contributed by atoms with E-state index in [2.05, 4.69) is 51.2 Å². The first kappa shape index (κ1) is 34.1. The van der Waals surface area contributed by atoms with Crippen LogP contribution in [0.15, 0.2) is 55.3 Å². The summed E-state index contributed by atoms with van der Waals surface area (Å²) in [6.07, 6.45) is 11.3. The Labute approximate surface area is 277 Å². The molecule has 11 heteroatoms. The van der Waals surface area contributed by atoms with Crippen molar-refractivity contribution in [2.45, 2.75) is 64.0 Å². The quantitative estimate of drug-likeness (QED) is 0.166. The molecule has 0 radical (unpaired) electrons. The molecular weight excluding hydrogens is 596 g/mol. The Balaban J connectivity index is 1.08. The van der Waals surface area contributed by atoms with Crippen molar-refractivity contribution in [2.24, 2.45) is 0 Å². The number of nitrogens with zero attached hydrogens (tertiary/aromatic N) is 5. The molecule has 3 aromatic rings. The molecule has 0 spiro atoms. The summed E-state index contributed by atoms with van der Waals surface area (Å²) in [5, 5.41) is 11.3. The minimum absolute atomic E-state index is 0.0000830. The number of carbonyl (C=O) groups is 2. The highest BCUT2D eigenvalue weighted by Crippen LogP contribution is 2.40. The Hall–Kier alpha value is -4.22. The molecule has 1 saturated carbocycles. The largest absolute Gasteiger partial charge is 0.494 e. The predicted molar refractivity (Wildman–Crippen MR) is 182 cm³/mol. The van der Waals surface area contributed by atoms with Crippen LogP contribution in [0, 0.1) is 0 Å². The van der Waals surface area contributed by atoms with Crippen molar-refractivity contribution in [3.63, 3.8) is 0 Å². The molecule has 1 aromatic heterocycles. The molecule has 5 rings (SSSR count). The molecule has 2 amide bonds. The summed E-state index contributed by atoms with van der Waals surface area (Å²) < 4.78 is 18.9. The minimum atomic E-state index is -0.185. The molecule has 252 valence electrons. The molecule has 47 heavy (non-hydrogen) atoms. The molecule has 0 saturated heterocycles. The van der Waals surface area contributed by atoms with Gasteiger partial charge in [0.15, 0.2) is 12.4 Å². The molecule has 2 heterocycles. The first-order chi connectivity index (χ1) is 22.9. The van der Waals surface area contributed by atoms with Crippen LogP contribution in [0.3, 0.4) is 0 Å². The standard InChI is InChI=1S/C36H48N6O5/c1-4-18-41-25-31(38-39-41)29-10-8-9-27(24-29)16-22-46-23-17-34(44)42(30-11-6-5-7-12-30)21-20-40(2)19-15-28-13-14-32(45-3)35-36(28)47-26-33(43)37-35/h4,8-10,13-14,24-25,30H,1,5-7,11-12,15-23,26H2,2-3H3,(H,37,43). The van der Waals surface area contributed by atoms with Crippen LogP contribution in [-0.2, 0) is 33.7 Å². The van der Waals surface area contributed by atoms with Crippen LogP contribution in [0.1, 0.15) is 49.7 Å². The summed E-state index contributed by atoms with van der Waals surface area (Å²) in [5.74, 6) is 1.25. The second-order valence-electron chi connectivity index (χ2n) is 12.3. The fourth-order valence-corrected chi connectivity index (χ4v) is 6.31. The highest BCUT2D eigenvalue weighted by atomic mass is 16.5. The number of nitrogens with one attached hydrogen (secondary N) is 1. The Morgan fingerprint density at radius 2 is 1.98 bits per heavy atom. The molecular formula is C36H48N6O5. The second kappa shape index (κ2) is 17.1. The Bertz CT molecular complexity index is 1500. The van der Waals surface area contributed by atoms with Gasteiger partial charge >= 0.3 is 0 Å². The lowest BCUT2D eigenvalue weighted by Gasteiger charge is -2.35. The SMILES string of the molecule is C=CCn1cc(-c2cccc(CCOCCC(=O)N(CCN(C)CCc3ccc(OC)c4c3OCC(=O)N4)C3CCCCC3)c2)nn1. The van der Waals surface area contributed by atoms with Gasteiger partial charge in [-0.2, -0.15) is 0 Å². The van der Waals surface area contributed by atoms with Crippen LogP contribution in [0.5, 0.6) is 11.5 Å². The molecule has 2 aromatic carbocycles. The van der Waals surface area contributed by atoms with E-state index in [0.717, 1.165) is 61.2 Å². The van der Waals surface area contributed by atoms with Gasteiger partial charge in [-0.3, -0.25) is 9.59 Å². The number of benzene rings is 2. The molecule has 0 atom stereocenters. The maximum atomic E-state index is 13.5. The number of likely N-dealkylation sites (N-methyl/N-ethyl adjacent to an activating group) is 1. The molecule has 0 bridgehead atoms. The van der Waals surface area contributed by atoms with Crippen molar-refractivity contribution in [3.8, 4) is 22.8 Å². The van der Waals surface area contributed by atoms with Crippen molar-refractivity contribution in [1.29, 1.82) is 0 Å². The van der Waals surface area contributed by atoms with Gasteiger partial charge in [0.2, 0.25) is 5.91 Å². The van der Waals surface area contributed by atoms with Crippen molar-refractivity contribution in [3.05, 3.63) is 66.4 Å². The topological polar surface area (TPSA) is 111 Å². The zero-order valence-corrected chi connectivity index (χ0v) is 27.8. The minimum Gasteiger partial charge on any atom is -0.494 e. The second-order valence-corrected chi connectivity index (χ2v) is 12.3. The highest BCUT2D eigenvalue weighted by Gasteiger charge is 2.26. The van der Waals surface area contributed by atoms with E-state index in [1.807, 2.05) is 30.5 Å². The van der Waals surface area contributed by atoms with Gasteiger partial charge in [0, 0.05) is 31.2 Å². The van der Waals surface area contributed by atoms with Crippen LogP contribution in [0.4, 0.5) is 5.69 Å². The van der Waals surface area contributed by atoms with Crippen molar-refractivity contribution >= 4 is 17.5 Å². The summed E-state index contributed by atoms with van der Waals surface area (Å²) in [4.78, 5) is 29.8. The number of amides is 2. The predicted octanol–water partition coefficient (Wildman–Crippen LogP) is 4.76. The van der Waals surface area contributed by atoms with Gasteiger partial charge < -0.3 is 29.3 Å². The number of rotatable bonds is 17. The number of anilines is 1. The molecule has 1 fully saturated rings. The molecule has 1 N–H and O–H groups in total. The zero-order valence-electron chi connectivity index (χ0n) is 27.8. The van der Waals surface area contributed by atoms with E-state index in [1.165, 1.54) is 19.3 Å². The van der Waals surface area contributed by atoms with Gasteiger partial charge in [0.25, 0.3) is 5.91 Å². The zero-order chi connectivity index (χ0) is 33.0. The van der Waals surface area contributed by atoms with Crippen LogP contribution < -0.4 is 14.8 Å². The number of fused-ring (bicyclic) bond motifs is 1. The van der Waals surface area contributed by atoms with Gasteiger partial charge in [-0.1, -0.05) is 54.8 Å². The number of aromatic nitrogens is 3. The maximum Gasteiger partial charge on any atom is 0.262 e. The number of ether oxygens (including phenoxy) is 3. The van der Waals surface area contributed by atoms with E-state index in [-0.39, 0.29) is 18.4 Å². The lowest BCUT2D eigenvalue weighted by Crippen LogP contribution is -2.45. The first-order valence-corrected chi connectivity index (χ1v) is 16.7. The summed E-state index contributed by atoms with van der Waals surface area (Å²) in [6.45, 7) is 7.59. The van der Waals surface area contributed by atoms with Crippen LogP contribution in [0.25, 0.3) is 11.3 Å². The Kier molecular flexibility index (Phi) is 12.4. The lowest BCUT2D eigenvalue weighted by atomic mass is 9.94. The third-order valence-electron chi connectivity index (χ3n) is 8.93. The van der Waals surface area contributed by atoms with Gasteiger partial charge in [-0.15, -0.1) is 11.7 Å². The third kappa shape index (κ3) is 9.42. The van der Waals surface area contributed by atoms with Crippen molar-refractivity contribution in [1.82, 2.24) is 24.8 Å². The van der Waals surface area contributed by atoms with Crippen LogP contribution in [-0.4, -0.2) is 96.3 Å². The van der Waals surface area contributed by atoms with E-state index in [1.54, 1.807) is 17.9 Å². The van der Waals surface area contributed by atoms with E-state index in [9.17, 15) is 9.59 Å². The van der Waals surface area contributed by atoms with Gasteiger partial charge in [-0.05, 0) is 56.0 Å². The number of carbonyl (C=O) groups excluding carboxylic acids is 2. The van der Waals surface area contributed by atoms with Gasteiger partial charge in [-0.25, -0.2) is 4.68 Å². The molecule has 2 aliphatic rings. The number of hydrogen-bond acceptors (Lipinski definition) is 8. The van der Waals surface area contributed by atoms with E-state index in [0.29, 0.717) is 56.0 Å². The summed E-state index contributed by atoms with van der Waals surface area (Å²) in [6, 6.07) is 12.4. The normalized spacial score (nSPS) is 14.7. The monoisotopic (exact) mass is 644 g/mol. The highest BCUT2D eigenvalue weighted by molar-refractivity contribution is 5.97. The lowest BCUT2D eigenvalue weighted by molar-refractivity contribution is -0.135. The Morgan fingerprint density at radius 3 is 2.79 bits per heavy atom. The van der Waals surface area contributed by atoms with Gasteiger partial charge in [0.1, 0.15) is 17.1 Å². The van der Waals surface area contributed by atoms with Crippen molar-refractivity contribution in [2.75, 3.05) is 58.9 Å². The molecule has 11 nitrogen and oxygen atoms in total. The number of methoxy groups -OCH3 is 1. The number of hydrogen-bond donors (Lipinski definition) is 1. The number of allylic oxidation sites excluding steroid dienone is 1. The molecule has 1 aliphatic heterocycles. The Morgan fingerprint density at radius 1 is 1.13 bits per heavy atom. The smallest absolute Gasteiger partial charge is 0.262 e.